The number of amides is 2. The zero-order valence-corrected chi connectivity index (χ0v) is 20.0. The number of nitrogens with zero attached hydrogens (tertiary/aromatic N) is 1. The molecule has 0 fully saturated rings. The summed E-state index contributed by atoms with van der Waals surface area (Å²) < 4.78 is 5.33. The maximum atomic E-state index is 13.3. The Bertz CT molecular complexity index is 965. The van der Waals surface area contributed by atoms with E-state index in [1.165, 1.54) is 11.3 Å². The van der Waals surface area contributed by atoms with Crippen LogP contribution in [0.2, 0.25) is 0 Å². The average molecular weight is 455 g/mol. The predicted octanol–water partition coefficient (Wildman–Crippen LogP) is 5.87. The summed E-state index contributed by atoms with van der Waals surface area (Å²) in [6, 6.07) is 20.3. The topological polar surface area (TPSA) is 58.6 Å². The van der Waals surface area contributed by atoms with Crippen molar-refractivity contribution in [2.45, 2.75) is 39.7 Å². The van der Waals surface area contributed by atoms with Gasteiger partial charge < -0.3 is 10.1 Å². The number of hydrogen-bond acceptors (Lipinski definition) is 4. The number of methoxy groups -OCH3 is 1. The maximum absolute atomic E-state index is 13.3. The second kappa shape index (κ2) is 13.3. The molecular weight excluding hydrogens is 420 g/mol. The molecule has 0 aliphatic rings. The summed E-state index contributed by atoms with van der Waals surface area (Å²) in [6.45, 7) is 6.30. The van der Waals surface area contributed by atoms with E-state index in [4.69, 9.17) is 4.74 Å². The molecule has 0 saturated carbocycles. The summed E-state index contributed by atoms with van der Waals surface area (Å²) in [5, 5.41) is 4.94. The highest BCUT2D eigenvalue weighted by Gasteiger charge is 2.32. The molecule has 0 aliphatic carbocycles. The minimum Gasteiger partial charge on any atom is -0.497 e. The SMILES string of the molecule is CC.CCC(=O)N(c1cccc(OC)c1)C(C(=O)NCCc1ccccc1)c1cccs1.[HH]. The first-order valence-corrected chi connectivity index (χ1v) is 11.8. The molecule has 1 atom stereocenters. The van der Waals surface area contributed by atoms with Crippen molar-refractivity contribution in [3.05, 3.63) is 82.6 Å². The number of benzene rings is 2. The molecule has 32 heavy (non-hydrogen) atoms. The highest BCUT2D eigenvalue weighted by Crippen LogP contribution is 2.33. The molecule has 0 radical (unpaired) electrons. The zero-order valence-electron chi connectivity index (χ0n) is 19.2. The first-order chi connectivity index (χ1) is 15.6. The highest BCUT2D eigenvalue weighted by atomic mass is 32.1. The Morgan fingerprint density at radius 1 is 1.06 bits per heavy atom. The number of carbonyl (C=O) groups excluding carboxylic acids is 2. The molecule has 3 rings (SSSR count). The van der Waals surface area contributed by atoms with Gasteiger partial charge in [0.15, 0.2) is 0 Å². The number of rotatable bonds is 9. The van der Waals surface area contributed by atoms with Gasteiger partial charge in [-0.3, -0.25) is 14.5 Å². The van der Waals surface area contributed by atoms with Crippen LogP contribution < -0.4 is 15.0 Å². The molecule has 1 N–H and O–H groups in total. The third-order valence-corrected chi connectivity index (χ3v) is 5.70. The molecule has 0 spiro atoms. The summed E-state index contributed by atoms with van der Waals surface area (Å²) >= 11 is 1.46. The van der Waals surface area contributed by atoms with Gasteiger partial charge in [0, 0.05) is 31.0 Å². The van der Waals surface area contributed by atoms with E-state index in [1.807, 2.05) is 79.9 Å². The van der Waals surface area contributed by atoms with Crippen molar-refractivity contribution < 1.29 is 15.8 Å². The highest BCUT2D eigenvalue weighted by molar-refractivity contribution is 7.10. The summed E-state index contributed by atoms with van der Waals surface area (Å²) in [6.07, 6.45) is 1.01. The molecule has 6 heteroatoms. The van der Waals surface area contributed by atoms with Gasteiger partial charge in [-0.2, -0.15) is 0 Å². The molecule has 5 nitrogen and oxygen atoms in total. The van der Waals surface area contributed by atoms with Gasteiger partial charge in [-0.25, -0.2) is 0 Å². The van der Waals surface area contributed by atoms with E-state index in [-0.39, 0.29) is 19.7 Å². The zero-order chi connectivity index (χ0) is 23.3. The van der Waals surface area contributed by atoms with Gasteiger partial charge in [0.2, 0.25) is 11.8 Å². The van der Waals surface area contributed by atoms with Crippen molar-refractivity contribution in [1.29, 1.82) is 0 Å². The van der Waals surface area contributed by atoms with Crippen LogP contribution in [0.3, 0.4) is 0 Å². The van der Waals surface area contributed by atoms with Gasteiger partial charge in [0.05, 0.1) is 7.11 Å². The van der Waals surface area contributed by atoms with Crippen molar-refractivity contribution >= 4 is 28.8 Å². The Kier molecular flexibility index (Phi) is 10.5. The smallest absolute Gasteiger partial charge is 0.248 e. The predicted molar refractivity (Wildman–Crippen MR) is 134 cm³/mol. The minimum absolute atomic E-state index is 0. The summed E-state index contributed by atoms with van der Waals surface area (Å²) in [7, 11) is 1.58. The molecule has 0 bridgehead atoms. The molecule has 1 heterocycles. The molecule has 3 aromatic rings. The molecule has 2 aromatic carbocycles. The lowest BCUT2D eigenvalue weighted by atomic mass is 10.1. The van der Waals surface area contributed by atoms with E-state index in [1.54, 1.807) is 25.0 Å². The van der Waals surface area contributed by atoms with Crippen LogP contribution in [0.5, 0.6) is 5.75 Å². The summed E-state index contributed by atoms with van der Waals surface area (Å²) in [5.74, 6) is 0.314. The van der Waals surface area contributed by atoms with E-state index < -0.39 is 6.04 Å². The van der Waals surface area contributed by atoms with Crippen LogP contribution in [-0.2, 0) is 16.0 Å². The van der Waals surface area contributed by atoms with E-state index in [0.717, 1.165) is 16.9 Å². The van der Waals surface area contributed by atoms with Crippen molar-refractivity contribution in [2.24, 2.45) is 0 Å². The largest absolute Gasteiger partial charge is 0.497 e. The number of thiophene rings is 1. The first-order valence-electron chi connectivity index (χ1n) is 10.9. The normalized spacial score (nSPS) is 11.0. The lowest BCUT2D eigenvalue weighted by Crippen LogP contribution is -2.44. The second-order valence-corrected chi connectivity index (χ2v) is 7.74. The number of ether oxygens (including phenoxy) is 1. The molecule has 0 saturated heterocycles. The fourth-order valence-corrected chi connectivity index (χ4v) is 4.07. The number of hydrogen-bond donors (Lipinski definition) is 1. The number of carbonyl (C=O) groups is 2. The lowest BCUT2D eigenvalue weighted by molar-refractivity contribution is -0.126. The van der Waals surface area contributed by atoms with Gasteiger partial charge in [-0.05, 0) is 35.6 Å². The number of anilines is 1. The third-order valence-electron chi connectivity index (χ3n) is 4.78. The quantitative estimate of drug-likeness (QED) is 0.440. The standard InChI is InChI=1S/C24H26N2O3S.C2H6.H2/c1-3-22(27)26(19-11-7-12-20(17-19)29-2)23(21-13-8-16-30-21)24(28)25-15-14-18-9-5-4-6-10-18;1-2;/h4-13,16-17,23H,3,14-15H2,1-2H3,(H,25,28);1-2H3;1H. The Balaban J connectivity index is 0.00000177. The van der Waals surface area contributed by atoms with Crippen LogP contribution in [0.4, 0.5) is 5.69 Å². The van der Waals surface area contributed by atoms with Crippen LogP contribution in [0.15, 0.2) is 72.1 Å². The molecule has 2 amide bonds. The van der Waals surface area contributed by atoms with Crippen molar-refractivity contribution in [1.82, 2.24) is 5.32 Å². The molecule has 172 valence electrons. The Hall–Kier alpha value is -3.12. The molecule has 0 aliphatic heterocycles. The van der Waals surface area contributed by atoms with Crippen molar-refractivity contribution in [3.63, 3.8) is 0 Å². The Morgan fingerprint density at radius 3 is 2.44 bits per heavy atom. The molecular formula is C26H34N2O3S. The third kappa shape index (κ3) is 6.69. The second-order valence-electron chi connectivity index (χ2n) is 6.76. The van der Waals surface area contributed by atoms with E-state index in [9.17, 15) is 9.59 Å². The number of nitrogens with one attached hydrogen (secondary N) is 1. The van der Waals surface area contributed by atoms with Crippen molar-refractivity contribution in [3.8, 4) is 5.75 Å². The Morgan fingerprint density at radius 2 is 1.81 bits per heavy atom. The average Bonchev–Trinajstić information content (AvgIpc) is 3.38. The molecule has 1 unspecified atom stereocenters. The van der Waals surface area contributed by atoms with Crippen LogP contribution in [0.25, 0.3) is 0 Å². The van der Waals surface area contributed by atoms with Gasteiger partial charge in [0.25, 0.3) is 0 Å². The van der Waals surface area contributed by atoms with Gasteiger partial charge in [-0.1, -0.05) is 63.2 Å². The van der Waals surface area contributed by atoms with Gasteiger partial charge in [0.1, 0.15) is 11.8 Å². The van der Waals surface area contributed by atoms with E-state index in [0.29, 0.717) is 18.0 Å². The fourth-order valence-electron chi connectivity index (χ4n) is 3.26. The van der Waals surface area contributed by atoms with E-state index >= 15 is 0 Å². The van der Waals surface area contributed by atoms with Gasteiger partial charge >= 0.3 is 0 Å². The van der Waals surface area contributed by atoms with Crippen LogP contribution in [0.1, 0.15) is 45.1 Å². The van der Waals surface area contributed by atoms with Gasteiger partial charge in [-0.15, -0.1) is 11.3 Å². The Labute approximate surface area is 196 Å². The lowest BCUT2D eigenvalue weighted by Gasteiger charge is -2.30. The monoisotopic (exact) mass is 454 g/mol. The van der Waals surface area contributed by atoms with Crippen LogP contribution in [-0.4, -0.2) is 25.5 Å². The fraction of sp³-hybridized carbons (Fsp3) is 0.308. The maximum Gasteiger partial charge on any atom is 0.248 e. The van der Waals surface area contributed by atoms with Crippen molar-refractivity contribution in [2.75, 3.05) is 18.6 Å². The van der Waals surface area contributed by atoms with Crippen LogP contribution >= 0.6 is 11.3 Å². The summed E-state index contributed by atoms with van der Waals surface area (Å²) in [5.41, 5.74) is 1.79. The minimum atomic E-state index is -0.736. The van der Waals surface area contributed by atoms with Crippen LogP contribution in [0, 0.1) is 0 Å². The van der Waals surface area contributed by atoms with E-state index in [2.05, 4.69) is 5.32 Å². The first kappa shape index (κ1) is 25.1. The molecule has 1 aromatic heterocycles. The summed E-state index contributed by atoms with van der Waals surface area (Å²) in [4.78, 5) is 28.6.